The quantitative estimate of drug-likeness (QED) is 0.742. The van der Waals surface area contributed by atoms with Gasteiger partial charge in [-0.25, -0.2) is 9.97 Å². The third-order valence-electron chi connectivity index (χ3n) is 3.54. The summed E-state index contributed by atoms with van der Waals surface area (Å²) in [5.41, 5.74) is 2.99. The zero-order chi connectivity index (χ0) is 17.6. The molecule has 3 aromatic rings. The maximum absolute atomic E-state index is 12.3. The fourth-order valence-electron chi connectivity index (χ4n) is 2.30. The van der Waals surface area contributed by atoms with E-state index in [-0.39, 0.29) is 5.91 Å². The minimum Gasteiger partial charge on any atom is -0.495 e. The second-order valence-electron chi connectivity index (χ2n) is 5.44. The number of nitrogens with zero attached hydrogens (tertiary/aromatic N) is 2. The lowest BCUT2D eigenvalue weighted by atomic mass is 10.2. The average Bonchev–Trinajstić information content (AvgIpc) is 2.63. The molecule has 0 saturated carbocycles. The summed E-state index contributed by atoms with van der Waals surface area (Å²) in [6.45, 7) is 2.01. The van der Waals surface area contributed by atoms with Crippen LogP contribution < -0.4 is 15.4 Å². The Morgan fingerprint density at radius 3 is 2.52 bits per heavy atom. The molecular formula is C19H18N4O2. The topological polar surface area (TPSA) is 76.1 Å². The molecule has 0 unspecified atom stereocenters. The highest BCUT2D eigenvalue weighted by Gasteiger charge is 2.10. The van der Waals surface area contributed by atoms with E-state index < -0.39 is 0 Å². The summed E-state index contributed by atoms with van der Waals surface area (Å²) in [5, 5.41) is 5.89. The van der Waals surface area contributed by atoms with Gasteiger partial charge < -0.3 is 15.4 Å². The fraction of sp³-hybridized carbons (Fsp3) is 0.105. The molecule has 0 saturated heterocycles. The molecule has 0 aliphatic rings. The van der Waals surface area contributed by atoms with Gasteiger partial charge in [-0.05, 0) is 36.8 Å². The van der Waals surface area contributed by atoms with Crippen molar-refractivity contribution in [3.8, 4) is 5.75 Å². The highest BCUT2D eigenvalue weighted by atomic mass is 16.5. The molecule has 6 nitrogen and oxygen atoms in total. The predicted octanol–water partition coefficient (Wildman–Crippen LogP) is 3.79. The van der Waals surface area contributed by atoms with Crippen LogP contribution in [0.25, 0.3) is 0 Å². The summed E-state index contributed by atoms with van der Waals surface area (Å²) in [7, 11) is 1.56. The monoisotopic (exact) mass is 334 g/mol. The Labute approximate surface area is 145 Å². The summed E-state index contributed by atoms with van der Waals surface area (Å²) >= 11 is 0. The second kappa shape index (κ2) is 7.44. The first-order valence-electron chi connectivity index (χ1n) is 7.76. The molecule has 1 aromatic heterocycles. The summed E-state index contributed by atoms with van der Waals surface area (Å²) < 4.78 is 5.22. The van der Waals surface area contributed by atoms with Crippen molar-refractivity contribution in [2.45, 2.75) is 6.92 Å². The average molecular weight is 334 g/mol. The third kappa shape index (κ3) is 4.11. The standard InChI is InChI=1S/C19H18N4O2/c1-13-6-5-7-15(10-13)22-19-20-11-14(12-21-19)18(24)23-16-8-3-4-9-17(16)25-2/h3-12H,1-2H3,(H,23,24)(H,20,21,22). The van der Waals surface area contributed by atoms with E-state index in [1.807, 2.05) is 43.3 Å². The van der Waals surface area contributed by atoms with Gasteiger partial charge in [-0.1, -0.05) is 24.3 Å². The van der Waals surface area contributed by atoms with Gasteiger partial charge in [0.1, 0.15) is 5.75 Å². The van der Waals surface area contributed by atoms with Gasteiger partial charge in [0.15, 0.2) is 0 Å². The summed E-state index contributed by atoms with van der Waals surface area (Å²) in [6, 6.07) is 15.1. The molecule has 0 aliphatic heterocycles. The fourth-order valence-corrected chi connectivity index (χ4v) is 2.30. The minimum atomic E-state index is -0.299. The van der Waals surface area contributed by atoms with Crippen molar-refractivity contribution in [3.05, 3.63) is 72.1 Å². The number of methoxy groups -OCH3 is 1. The number of rotatable bonds is 5. The van der Waals surface area contributed by atoms with E-state index >= 15 is 0 Å². The van der Waals surface area contributed by atoms with Crippen LogP contribution in [-0.2, 0) is 0 Å². The number of aryl methyl sites for hydroxylation is 1. The lowest BCUT2D eigenvalue weighted by Crippen LogP contribution is -2.13. The molecule has 0 bridgehead atoms. The first-order chi connectivity index (χ1) is 12.2. The molecule has 1 heterocycles. The van der Waals surface area contributed by atoms with Crippen molar-refractivity contribution < 1.29 is 9.53 Å². The number of anilines is 3. The maximum Gasteiger partial charge on any atom is 0.258 e. The van der Waals surface area contributed by atoms with Gasteiger partial charge >= 0.3 is 0 Å². The van der Waals surface area contributed by atoms with Crippen molar-refractivity contribution >= 4 is 23.2 Å². The van der Waals surface area contributed by atoms with Gasteiger partial charge in [0.2, 0.25) is 5.95 Å². The largest absolute Gasteiger partial charge is 0.495 e. The van der Waals surface area contributed by atoms with E-state index in [0.29, 0.717) is 22.9 Å². The molecule has 25 heavy (non-hydrogen) atoms. The van der Waals surface area contributed by atoms with E-state index in [1.54, 1.807) is 19.2 Å². The molecule has 3 rings (SSSR count). The Kier molecular flexibility index (Phi) is 4.89. The van der Waals surface area contributed by atoms with Gasteiger partial charge in [0, 0.05) is 18.1 Å². The molecule has 0 fully saturated rings. The van der Waals surface area contributed by atoms with Crippen molar-refractivity contribution in [1.82, 2.24) is 9.97 Å². The smallest absolute Gasteiger partial charge is 0.258 e. The number of ether oxygens (including phenoxy) is 1. The maximum atomic E-state index is 12.3. The first-order valence-corrected chi connectivity index (χ1v) is 7.76. The summed E-state index contributed by atoms with van der Waals surface area (Å²) in [6.07, 6.45) is 2.96. The number of carbonyl (C=O) groups excluding carboxylic acids is 1. The third-order valence-corrected chi connectivity index (χ3v) is 3.54. The molecule has 2 N–H and O–H groups in total. The molecule has 0 aliphatic carbocycles. The molecule has 0 atom stereocenters. The van der Waals surface area contributed by atoms with E-state index in [9.17, 15) is 4.79 Å². The van der Waals surface area contributed by atoms with E-state index in [2.05, 4.69) is 20.6 Å². The van der Waals surface area contributed by atoms with Crippen molar-refractivity contribution in [2.75, 3.05) is 17.7 Å². The van der Waals surface area contributed by atoms with Gasteiger partial charge in [-0.15, -0.1) is 0 Å². The Balaban J connectivity index is 1.70. The number of amides is 1. The van der Waals surface area contributed by atoms with Crippen molar-refractivity contribution in [2.24, 2.45) is 0 Å². The van der Waals surface area contributed by atoms with Crippen molar-refractivity contribution in [3.63, 3.8) is 0 Å². The zero-order valence-corrected chi connectivity index (χ0v) is 14.0. The van der Waals surface area contributed by atoms with Crippen LogP contribution in [0.4, 0.5) is 17.3 Å². The van der Waals surface area contributed by atoms with Crippen LogP contribution in [0.15, 0.2) is 60.9 Å². The van der Waals surface area contributed by atoms with Crippen LogP contribution in [0, 0.1) is 6.92 Å². The summed E-state index contributed by atoms with van der Waals surface area (Å²) in [5.74, 6) is 0.723. The summed E-state index contributed by atoms with van der Waals surface area (Å²) in [4.78, 5) is 20.7. The number of nitrogens with one attached hydrogen (secondary N) is 2. The number of hydrogen-bond donors (Lipinski definition) is 2. The van der Waals surface area contributed by atoms with Crippen LogP contribution >= 0.6 is 0 Å². The van der Waals surface area contributed by atoms with Gasteiger partial charge in [0.25, 0.3) is 5.91 Å². The van der Waals surface area contributed by atoms with E-state index in [0.717, 1.165) is 11.3 Å². The Hall–Kier alpha value is -3.41. The first kappa shape index (κ1) is 16.4. The molecule has 1 amide bonds. The number of hydrogen-bond acceptors (Lipinski definition) is 5. The van der Waals surface area contributed by atoms with E-state index in [4.69, 9.17) is 4.74 Å². The lowest BCUT2D eigenvalue weighted by Gasteiger charge is -2.10. The van der Waals surface area contributed by atoms with E-state index in [1.165, 1.54) is 12.4 Å². The van der Waals surface area contributed by atoms with Crippen LogP contribution in [0.5, 0.6) is 5.75 Å². The number of para-hydroxylation sites is 2. The highest BCUT2D eigenvalue weighted by Crippen LogP contribution is 2.23. The van der Waals surface area contributed by atoms with Crippen LogP contribution in [0.1, 0.15) is 15.9 Å². The molecule has 126 valence electrons. The second-order valence-corrected chi connectivity index (χ2v) is 5.44. The zero-order valence-electron chi connectivity index (χ0n) is 14.0. The SMILES string of the molecule is COc1ccccc1NC(=O)c1cnc(Nc2cccc(C)c2)nc1. The molecule has 2 aromatic carbocycles. The molecule has 6 heteroatoms. The number of aromatic nitrogens is 2. The minimum absolute atomic E-state index is 0.299. The van der Waals surface area contributed by atoms with Crippen LogP contribution in [0.3, 0.4) is 0 Å². The van der Waals surface area contributed by atoms with Crippen LogP contribution in [-0.4, -0.2) is 23.0 Å². The number of benzene rings is 2. The van der Waals surface area contributed by atoms with Crippen LogP contribution in [0.2, 0.25) is 0 Å². The Morgan fingerprint density at radius 1 is 1.04 bits per heavy atom. The van der Waals surface area contributed by atoms with Gasteiger partial charge in [-0.3, -0.25) is 4.79 Å². The van der Waals surface area contributed by atoms with Crippen molar-refractivity contribution in [1.29, 1.82) is 0 Å². The lowest BCUT2D eigenvalue weighted by molar-refractivity contribution is 0.102. The number of carbonyl (C=O) groups is 1. The highest BCUT2D eigenvalue weighted by molar-refractivity contribution is 6.04. The molecule has 0 spiro atoms. The van der Waals surface area contributed by atoms with Gasteiger partial charge in [0.05, 0.1) is 18.4 Å². The normalized spacial score (nSPS) is 10.2. The Morgan fingerprint density at radius 2 is 1.80 bits per heavy atom. The Bertz CT molecular complexity index is 879. The molecular weight excluding hydrogens is 316 g/mol. The molecule has 0 radical (unpaired) electrons. The van der Waals surface area contributed by atoms with Gasteiger partial charge in [-0.2, -0.15) is 0 Å². The predicted molar refractivity (Wildman–Crippen MR) is 97.4 cm³/mol.